The quantitative estimate of drug-likeness (QED) is 0.198. The second-order valence-electron chi connectivity index (χ2n) is 6.89. The average molecular weight is 515 g/mol. The smallest absolute Gasteiger partial charge is 0.226 e. The number of hydrogen-bond acceptors (Lipinski definition) is 3. The van der Waals surface area contributed by atoms with Gasteiger partial charge in [0, 0.05) is 35.8 Å². The summed E-state index contributed by atoms with van der Waals surface area (Å²) in [4.78, 5) is 12.3. The number of benzene rings is 2. The summed E-state index contributed by atoms with van der Waals surface area (Å²) >= 11 is 0. The fourth-order valence-electron chi connectivity index (χ4n) is 3.46. The second kappa shape index (κ2) is 10.3. The highest BCUT2D eigenvalue weighted by Gasteiger charge is 2.09. The van der Waals surface area contributed by atoms with E-state index in [0.717, 1.165) is 30.2 Å². The number of aliphatic imine (C=N–C) groups is 1. The predicted octanol–water partition coefficient (Wildman–Crippen LogP) is 4.66. The molecule has 7 heteroatoms. The molecular formula is C23H26IN5O. The highest BCUT2D eigenvalue weighted by atomic mass is 127. The number of aromatic amines is 1. The molecule has 156 valence electrons. The van der Waals surface area contributed by atoms with Crippen LogP contribution in [0.4, 0.5) is 0 Å². The Morgan fingerprint density at radius 3 is 2.63 bits per heavy atom. The minimum Gasteiger partial charge on any atom is -0.444 e. The van der Waals surface area contributed by atoms with Gasteiger partial charge in [0.2, 0.25) is 5.89 Å². The van der Waals surface area contributed by atoms with Crippen molar-refractivity contribution in [1.82, 2.24) is 20.6 Å². The van der Waals surface area contributed by atoms with Crippen molar-refractivity contribution in [2.24, 2.45) is 4.99 Å². The molecule has 0 fully saturated rings. The summed E-state index contributed by atoms with van der Waals surface area (Å²) < 4.78 is 5.59. The molecule has 0 unspecified atom stereocenters. The molecule has 2 aromatic heterocycles. The van der Waals surface area contributed by atoms with E-state index < -0.39 is 0 Å². The number of hydrogen-bond donors (Lipinski definition) is 3. The van der Waals surface area contributed by atoms with Crippen molar-refractivity contribution in [3.8, 4) is 11.5 Å². The summed E-state index contributed by atoms with van der Waals surface area (Å²) in [7, 11) is 1.77. The van der Waals surface area contributed by atoms with Crippen LogP contribution in [-0.2, 0) is 13.0 Å². The lowest BCUT2D eigenvalue weighted by Gasteiger charge is -2.11. The van der Waals surface area contributed by atoms with Crippen LogP contribution in [0, 0.1) is 6.92 Å². The summed E-state index contributed by atoms with van der Waals surface area (Å²) in [6.45, 7) is 3.45. The van der Waals surface area contributed by atoms with E-state index in [-0.39, 0.29) is 24.0 Å². The van der Waals surface area contributed by atoms with Crippen molar-refractivity contribution in [2.75, 3.05) is 13.6 Å². The van der Waals surface area contributed by atoms with Gasteiger partial charge in [-0.2, -0.15) is 0 Å². The van der Waals surface area contributed by atoms with Gasteiger partial charge in [-0.1, -0.05) is 36.4 Å². The minimum absolute atomic E-state index is 0. The third-order valence-electron chi connectivity index (χ3n) is 4.93. The molecule has 0 saturated carbocycles. The molecule has 30 heavy (non-hydrogen) atoms. The minimum atomic E-state index is 0. The summed E-state index contributed by atoms with van der Waals surface area (Å²) in [5.74, 6) is 1.37. The van der Waals surface area contributed by atoms with Crippen molar-refractivity contribution >= 4 is 40.8 Å². The Hall–Kier alpha value is -2.81. The maximum absolute atomic E-state index is 5.59. The number of guanidine groups is 1. The molecule has 0 aliphatic heterocycles. The number of nitrogens with zero attached hydrogens (tertiary/aromatic N) is 2. The Morgan fingerprint density at radius 1 is 1.07 bits per heavy atom. The van der Waals surface area contributed by atoms with Crippen molar-refractivity contribution < 1.29 is 4.42 Å². The van der Waals surface area contributed by atoms with Crippen molar-refractivity contribution in [2.45, 2.75) is 19.9 Å². The monoisotopic (exact) mass is 515 g/mol. The van der Waals surface area contributed by atoms with E-state index in [4.69, 9.17) is 4.42 Å². The summed E-state index contributed by atoms with van der Waals surface area (Å²) in [5.41, 5.74) is 5.54. The van der Waals surface area contributed by atoms with Crippen LogP contribution in [0.25, 0.3) is 22.4 Å². The van der Waals surface area contributed by atoms with E-state index in [9.17, 15) is 0 Å². The largest absolute Gasteiger partial charge is 0.444 e. The first-order valence-electron chi connectivity index (χ1n) is 9.75. The van der Waals surface area contributed by atoms with E-state index in [2.05, 4.69) is 56.8 Å². The van der Waals surface area contributed by atoms with Crippen LogP contribution in [0.3, 0.4) is 0 Å². The van der Waals surface area contributed by atoms with E-state index in [1.807, 2.05) is 30.3 Å². The summed E-state index contributed by atoms with van der Waals surface area (Å²) in [5, 5.41) is 7.95. The van der Waals surface area contributed by atoms with Crippen LogP contribution in [0.5, 0.6) is 0 Å². The molecule has 0 amide bonds. The fourth-order valence-corrected chi connectivity index (χ4v) is 3.46. The molecular weight excluding hydrogens is 489 g/mol. The van der Waals surface area contributed by atoms with E-state index >= 15 is 0 Å². The van der Waals surface area contributed by atoms with E-state index in [0.29, 0.717) is 12.4 Å². The Labute approximate surface area is 193 Å². The topological polar surface area (TPSA) is 78.2 Å². The maximum atomic E-state index is 5.59. The molecule has 0 aliphatic rings. The zero-order chi connectivity index (χ0) is 20.1. The lowest BCUT2D eigenvalue weighted by Crippen LogP contribution is -2.38. The van der Waals surface area contributed by atoms with Crippen LogP contribution in [0.1, 0.15) is 17.0 Å². The zero-order valence-electron chi connectivity index (χ0n) is 17.1. The molecule has 2 heterocycles. The Morgan fingerprint density at radius 2 is 1.83 bits per heavy atom. The van der Waals surface area contributed by atoms with Crippen LogP contribution in [-0.4, -0.2) is 29.5 Å². The van der Waals surface area contributed by atoms with Crippen molar-refractivity contribution in [1.29, 1.82) is 0 Å². The van der Waals surface area contributed by atoms with E-state index in [1.54, 1.807) is 13.3 Å². The Bertz CT molecular complexity index is 1120. The zero-order valence-corrected chi connectivity index (χ0v) is 19.4. The highest BCUT2D eigenvalue weighted by molar-refractivity contribution is 14.0. The molecule has 6 nitrogen and oxygen atoms in total. The van der Waals surface area contributed by atoms with Gasteiger partial charge < -0.3 is 20.0 Å². The van der Waals surface area contributed by atoms with Gasteiger partial charge in [0.15, 0.2) is 5.96 Å². The van der Waals surface area contributed by atoms with Crippen LogP contribution < -0.4 is 10.6 Å². The Kier molecular flexibility index (Phi) is 7.51. The molecule has 0 saturated heterocycles. The molecule has 4 aromatic rings. The summed E-state index contributed by atoms with van der Waals surface area (Å²) in [6.07, 6.45) is 2.59. The van der Waals surface area contributed by atoms with Gasteiger partial charge in [0.05, 0.1) is 12.2 Å². The molecule has 2 aromatic carbocycles. The SMILES string of the molecule is CN=C(NCCc1c(C)[nH]c2ccccc12)NCc1coc(-c2ccccc2)n1.I. The number of aryl methyl sites for hydroxylation is 1. The first kappa shape index (κ1) is 21.9. The number of fused-ring (bicyclic) bond motifs is 1. The number of aromatic nitrogens is 2. The van der Waals surface area contributed by atoms with Gasteiger partial charge in [-0.3, -0.25) is 4.99 Å². The predicted molar refractivity (Wildman–Crippen MR) is 132 cm³/mol. The standard InChI is InChI=1S/C23H25N5O.HI/c1-16-19(20-10-6-7-11-21(20)27-16)12-13-25-23(24-2)26-14-18-15-29-22(28-18)17-8-4-3-5-9-17;/h3-11,15,27H,12-14H2,1-2H3,(H2,24,25,26);1H. The molecule has 0 aliphatic carbocycles. The highest BCUT2D eigenvalue weighted by Crippen LogP contribution is 2.22. The molecule has 0 spiro atoms. The van der Waals surface area contributed by atoms with Crippen molar-refractivity contribution in [3.63, 3.8) is 0 Å². The second-order valence-corrected chi connectivity index (χ2v) is 6.89. The van der Waals surface area contributed by atoms with Gasteiger partial charge in [-0.25, -0.2) is 4.98 Å². The first-order valence-corrected chi connectivity index (χ1v) is 9.75. The number of oxazole rings is 1. The number of rotatable bonds is 6. The van der Waals surface area contributed by atoms with Gasteiger partial charge in [0.25, 0.3) is 0 Å². The van der Waals surface area contributed by atoms with Crippen LogP contribution in [0.15, 0.2) is 70.3 Å². The van der Waals surface area contributed by atoms with Gasteiger partial charge in [-0.05, 0) is 37.1 Å². The maximum Gasteiger partial charge on any atom is 0.226 e. The molecule has 0 radical (unpaired) electrons. The van der Waals surface area contributed by atoms with E-state index in [1.165, 1.54) is 22.2 Å². The third kappa shape index (κ3) is 5.02. The Balaban J connectivity index is 0.00000256. The average Bonchev–Trinajstić information content (AvgIpc) is 3.35. The molecule has 3 N–H and O–H groups in total. The van der Waals surface area contributed by atoms with Crippen LogP contribution >= 0.6 is 24.0 Å². The number of nitrogens with one attached hydrogen (secondary N) is 3. The third-order valence-corrected chi connectivity index (χ3v) is 4.93. The van der Waals surface area contributed by atoms with Gasteiger partial charge >= 0.3 is 0 Å². The first-order chi connectivity index (χ1) is 14.2. The lowest BCUT2D eigenvalue weighted by molar-refractivity contribution is 0.572. The number of halogens is 1. The number of H-pyrrole nitrogens is 1. The number of para-hydroxylation sites is 1. The molecule has 4 rings (SSSR count). The van der Waals surface area contributed by atoms with Crippen LogP contribution in [0.2, 0.25) is 0 Å². The van der Waals surface area contributed by atoms with Gasteiger partial charge in [-0.15, -0.1) is 24.0 Å². The summed E-state index contributed by atoms with van der Waals surface area (Å²) in [6, 6.07) is 18.3. The van der Waals surface area contributed by atoms with Crippen molar-refractivity contribution in [3.05, 3.63) is 77.8 Å². The molecule has 0 atom stereocenters. The van der Waals surface area contributed by atoms with Gasteiger partial charge in [0.1, 0.15) is 6.26 Å². The lowest BCUT2D eigenvalue weighted by atomic mass is 10.1. The molecule has 0 bridgehead atoms. The normalized spacial score (nSPS) is 11.3. The fraction of sp³-hybridized carbons (Fsp3) is 0.217.